The molecule has 1 saturated heterocycles. The molecule has 0 aliphatic carbocycles. The van der Waals surface area contributed by atoms with Crippen LogP contribution in [0.3, 0.4) is 0 Å². The molecule has 1 aliphatic heterocycles. The summed E-state index contributed by atoms with van der Waals surface area (Å²) in [4.78, 5) is 15.2. The molecular weight excluding hydrogens is 336 g/mol. The Morgan fingerprint density at radius 3 is 2.63 bits per heavy atom. The number of hydrogen-bond donors (Lipinski definition) is 1. The summed E-state index contributed by atoms with van der Waals surface area (Å²) in [6.07, 6.45) is 1.83. The molecule has 27 heavy (non-hydrogen) atoms. The Balaban J connectivity index is 1.51. The number of amides is 1. The Hall–Kier alpha value is -2.33. The first-order chi connectivity index (χ1) is 13.1. The lowest BCUT2D eigenvalue weighted by atomic mass is 9.94. The van der Waals surface area contributed by atoms with Crippen molar-refractivity contribution in [3.05, 3.63) is 65.2 Å². The molecule has 1 amide bonds. The average Bonchev–Trinajstić information content (AvgIpc) is 2.68. The highest BCUT2D eigenvalue weighted by Gasteiger charge is 2.26. The fourth-order valence-corrected chi connectivity index (χ4v) is 3.86. The van der Waals surface area contributed by atoms with E-state index in [1.54, 1.807) is 7.11 Å². The third-order valence-corrected chi connectivity index (χ3v) is 5.41. The summed E-state index contributed by atoms with van der Waals surface area (Å²) in [7, 11) is 1.66. The molecular formula is C23H30N2O2. The van der Waals surface area contributed by atoms with E-state index in [2.05, 4.69) is 41.4 Å². The molecule has 1 heterocycles. The minimum absolute atomic E-state index is 0.0565. The number of para-hydroxylation sites is 1. The van der Waals surface area contributed by atoms with Crippen LogP contribution in [0.25, 0.3) is 0 Å². The number of piperidine rings is 1. The van der Waals surface area contributed by atoms with E-state index in [1.165, 1.54) is 11.1 Å². The van der Waals surface area contributed by atoms with Crippen LogP contribution in [0, 0.1) is 12.8 Å². The van der Waals surface area contributed by atoms with Gasteiger partial charge in [-0.1, -0.05) is 48.0 Å². The van der Waals surface area contributed by atoms with Crippen molar-refractivity contribution in [3.63, 3.8) is 0 Å². The molecule has 0 unspecified atom stereocenters. The Bertz CT molecular complexity index is 766. The maximum Gasteiger partial charge on any atom is 0.223 e. The van der Waals surface area contributed by atoms with Gasteiger partial charge in [0.2, 0.25) is 5.91 Å². The van der Waals surface area contributed by atoms with Crippen LogP contribution in [0.2, 0.25) is 0 Å². The number of nitrogens with one attached hydrogen (secondary N) is 1. The van der Waals surface area contributed by atoms with Crippen LogP contribution in [0.15, 0.2) is 48.5 Å². The highest BCUT2D eigenvalue weighted by Crippen LogP contribution is 2.26. The second kappa shape index (κ2) is 9.05. The zero-order valence-electron chi connectivity index (χ0n) is 16.6. The first-order valence-electron chi connectivity index (χ1n) is 9.78. The molecule has 1 N–H and O–H groups in total. The van der Waals surface area contributed by atoms with Crippen LogP contribution in [-0.4, -0.2) is 31.0 Å². The highest BCUT2D eigenvalue weighted by atomic mass is 16.5. The molecule has 0 saturated carbocycles. The maximum atomic E-state index is 12.7. The van der Waals surface area contributed by atoms with Crippen molar-refractivity contribution in [1.82, 2.24) is 10.2 Å². The summed E-state index contributed by atoms with van der Waals surface area (Å²) in [5, 5.41) is 3.18. The van der Waals surface area contributed by atoms with Crippen molar-refractivity contribution in [2.45, 2.75) is 39.3 Å². The Morgan fingerprint density at radius 1 is 1.19 bits per heavy atom. The topological polar surface area (TPSA) is 41.6 Å². The molecule has 0 spiro atoms. The van der Waals surface area contributed by atoms with Crippen LogP contribution in [0.4, 0.5) is 0 Å². The molecule has 4 heteroatoms. The monoisotopic (exact) mass is 366 g/mol. The predicted octanol–water partition coefficient (Wildman–Crippen LogP) is 4.09. The number of rotatable bonds is 6. The van der Waals surface area contributed by atoms with E-state index in [4.69, 9.17) is 4.74 Å². The molecule has 2 aromatic rings. The zero-order valence-corrected chi connectivity index (χ0v) is 16.6. The first kappa shape index (κ1) is 19.4. The first-order valence-corrected chi connectivity index (χ1v) is 9.78. The van der Waals surface area contributed by atoms with E-state index in [1.807, 2.05) is 31.2 Å². The van der Waals surface area contributed by atoms with Gasteiger partial charge in [0.15, 0.2) is 0 Å². The van der Waals surface area contributed by atoms with Crippen LogP contribution >= 0.6 is 0 Å². The van der Waals surface area contributed by atoms with Crippen LogP contribution in [0.5, 0.6) is 5.75 Å². The van der Waals surface area contributed by atoms with E-state index >= 15 is 0 Å². The number of methoxy groups -OCH3 is 1. The number of nitrogens with zero attached hydrogens (tertiary/aromatic N) is 1. The van der Waals surface area contributed by atoms with Gasteiger partial charge >= 0.3 is 0 Å². The molecule has 3 rings (SSSR count). The minimum atomic E-state index is -0.0565. The number of ether oxygens (including phenoxy) is 1. The summed E-state index contributed by atoms with van der Waals surface area (Å²) in [5.74, 6) is 1.07. The van der Waals surface area contributed by atoms with Gasteiger partial charge in [-0.2, -0.15) is 0 Å². The van der Waals surface area contributed by atoms with Crippen molar-refractivity contribution in [2.24, 2.45) is 5.92 Å². The molecule has 1 aliphatic rings. The Kier molecular flexibility index (Phi) is 6.51. The third kappa shape index (κ3) is 5.10. The number of carbonyl (C=O) groups excluding carboxylic acids is 1. The second-order valence-corrected chi connectivity index (χ2v) is 7.51. The molecule has 1 atom stereocenters. The summed E-state index contributed by atoms with van der Waals surface area (Å²) in [6.45, 7) is 7.05. The quantitative estimate of drug-likeness (QED) is 0.837. The lowest BCUT2D eigenvalue weighted by Gasteiger charge is -2.32. The lowest BCUT2D eigenvalue weighted by molar-refractivity contribution is -0.127. The SMILES string of the molecule is COc1ccccc1[C@@H](C)NC(=O)C1CCN(Cc2cccc(C)c2)CC1. The lowest BCUT2D eigenvalue weighted by Crippen LogP contribution is -2.40. The molecule has 2 aromatic carbocycles. The Labute approximate surface area is 162 Å². The van der Waals surface area contributed by atoms with Crippen molar-refractivity contribution in [2.75, 3.05) is 20.2 Å². The van der Waals surface area contributed by atoms with Gasteiger partial charge in [-0.05, 0) is 51.4 Å². The maximum absolute atomic E-state index is 12.7. The van der Waals surface area contributed by atoms with Crippen LogP contribution in [0.1, 0.15) is 42.5 Å². The standard InChI is InChI=1S/C23H30N2O2/c1-17-7-6-8-19(15-17)16-25-13-11-20(12-14-25)23(26)24-18(2)21-9-4-5-10-22(21)27-3/h4-10,15,18,20H,11-14,16H2,1-3H3,(H,24,26)/t18-/m1/s1. The molecule has 144 valence electrons. The third-order valence-electron chi connectivity index (χ3n) is 5.41. The molecule has 4 nitrogen and oxygen atoms in total. The number of carbonyl (C=O) groups is 1. The van der Waals surface area contributed by atoms with E-state index in [-0.39, 0.29) is 17.9 Å². The average molecular weight is 367 g/mol. The van der Waals surface area contributed by atoms with E-state index < -0.39 is 0 Å². The van der Waals surface area contributed by atoms with Gasteiger partial charge < -0.3 is 10.1 Å². The van der Waals surface area contributed by atoms with Gasteiger partial charge in [-0.3, -0.25) is 9.69 Å². The van der Waals surface area contributed by atoms with Gasteiger partial charge in [-0.15, -0.1) is 0 Å². The van der Waals surface area contributed by atoms with Crippen molar-refractivity contribution in [3.8, 4) is 5.75 Å². The van der Waals surface area contributed by atoms with E-state index in [0.717, 1.165) is 43.8 Å². The zero-order chi connectivity index (χ0) is 19.2. The number of hydrogen-bond acceptors (Lipinski definition) is 3. The normalized spacial score (nSPS) is 16.7. The predicted molar refractivity (Wildman–Crippen MR) is 109 cm³/mol. The second-order valence-electron chi connectivity index (χ2n) is 7.51. The summed E-state index contributed by atoms with van der Waals surface area (Å²) in [5.41, 5.74) is 3.67. The largest absolute Gasteiger partial charge is 0.496 e. The van der Waals surface area contributed by atoms with Crippen molar-refractivity contribution >= 4 is 5.91 Å². The molecule has 0 bridgehead atoms. The number of likely N-dealkylation sites (tertiary alicyclic amines) is 1. The van der Waals surface area contributed by atoms with E-state index in [9.17, 15) is 4.79 Å². The van der Waals surface area contributed by atoms with Gasteiger partial charge in [0.1, 0.15) is 5.75 Å². The minimum Gasteiger partial charge on any atom is -0.496 e. The highest BCUT2D eigenvalue weighted by molar-refractivity contribution is 5.79. The molecule has 0 radical (unpaired) electrons. The summed E-state index contributed by atoms with van der Waals surface area (Å²) < 4.78 is 5.41. The molecule has 0 aromatic heterocycles. The van der Waals surface area contributed by atoms with Crippen molar-refractivity contribution < 1.29 is 9.53 Å². The van der Waals surface area contributed by atoms with Gasteiger partial charge in [-0.25, -0.2) is 0 Å². The van der Waals surface area contributed by atoms with Crippen molar-refractivity contribution in [1.29, 1.82) is 0 Å². The van der Waals surface area contributed by atoms with Crippen LogP contribution in [-0.2, 0) is 11.3 Å². The Morgan fingerprint density at radius 2 is 1.93 bits per heavy atom. The van der Waals surface area contributed by atoms with Gasteiger partial charge in [0, 0.05) is 18.0 Å². The van der Waals surface area contributed by atoms with Crippen LogP contribution < -0.4 is 10.1 Å². The van der Waals surface area contributed by atoms with Gasteiger partial charge in [0.05, 0.1) is 13.2 Å². The fourth-order valence-electron chi connectivity index (χ4n) is 3.86. The molecule has 1 fully saturated rings. The number of benzene rings is 2. The smallest absolute Gasteiger partial charge is 0.223 e. The fraction of sp³-hybridized carbons (Fsp3) is 0.435. The summed E-state index contributed by atoms with van der Waals surface area (Å²) >= 11 is 0. The summed E-state index contributed by atoms with van der Waals surface area (Å²) in [6, 6.07) is 16.5. The van der Waals surface area contributed by atoms with Gasteiger partial charge in [0.25, 0.3) is 0 Å². The number of aryl methyl sites for hydroxylation is 1. The van der Waals surface area contributed by atoms with E-state index in [0.29, 0.717) is 0 Å².